The molecule has 3 heterocycles. The Morgan fingerprint density at radius 3 is 2.55 bits per heavy atom. The number of halogens is 4. The molecular formula is C24H17ClF3N5. The van der Waals surface area contributed by atoms with E-state index in [-0.39, 0.29) is 0 Å². The quantitative estimate of drug-likeness (QED) is 0.316. The number of benzene rings is 2. The summed E-state index contributed by atoms with van der Waals surface area (Å²) in [6.45, 7) is 1.97. The van der Waals surface area contributed by atoms with E-state index in [9.17, 15) is 13.2 Å². The second kappa shape index (κ2) is 8.12. The molecular weight excluding hydrogens is 451 g/mol. The SMILES string of the molecule is CCc1nc2ccc(-n3nnc4ccccc43)cc2c(Cl)c1Cc1ccc(C(F)(F)F)nc1. The summed E-state index contributed by atoms with van der Waals surface area (Å²) < 4.78 is 40.3. The molecule has 0 spiro atoms. The van der Waals surface area contributed by atoms with Crippen molar-refractivity contribution >= 4 is 33.5 Å². The van der Waals surface area contributed by atoms with E-state index in [4.69, 9.17) is 16.6 Å². The molecule has 9 heteroatoms. The van der Waals surface area contributed by atoms with Gasteiger partial charge in [0.1, 0.15) is 11.2 Å². The fraction of sp³-hybridized carbons (Fsp3) is 0.167. The smallest absolute Gasteiger partial charge is 0.252 e. The van der Waals surface area contributed by atoms with Crippen molar-refractivity contribution in [2.24, 2.45) is 0 Å². The Morgan fingerprint density at radius 1 is 1.00 bits per heavy atom. The van der Waals surface area contributed by atoms with E-state index in [2.05, 4.69) is 15.3 Å². The summed E-state index contributed by atoms with van der Waals surface area (Å²) in [7, 11) is 0. The molecule has 0 radical (unpaired) electrons. The summed E-state index contributed by atoms with van der Waals surface area (Å²) in [5, 5.41) is 9.71. The van der Waals surface area contributed by atoms with Gasteiger partial charge in [-0.15, -0.1) is 5.10 Å². The lowest BCUT2D eigenvalue weighted by atomic mass is 10.0. The lowest BCUT2D eigenvalue weighted by Crippen LogP contribution is -2.08. The average molecular weight is 468 g/mol. The summed E-state index contributed by atoms with van der Waals surface area (Å²) in [6.07, 6.45) is -2.28. The van der Waals surface area contributed by atoms with Crippen LogP contribution in [0.2, 0.25) is 5.02 Å². The standard InChI is InChI=1S/C24H17ClF3N5/c1-2-18-16(11-14-7-10-22(29-13-14)24(26,27)28)23(25)17-12-15(8-9-19(17)30-18)33-21-6-4-3-5-20(21)31-32-33/h3-10,12-13H,2,11H2,1H3. The summed E-state index contributed by atoms with van der Waals surface area (Å²) in [5.41, 5.74) is 4.43. The Kier molecular flexibility index (Phi) is 5.25. The van der Waals surface area contributed by atoms with Gasteiger partial charge in [-0.3, -0.25) is 9.97 Å². The number of nitrogens with zero attached hydrogens (tertiary/aromatic N) is 5. The molecule has 0 N–H and O–H groups in total. The van der Waals surface area contributed by atoms with Crippen LogP contribution in [0.1, 0.15) is 29.4 Å². The highest BCUT2D eigenvalue weighted by Crippen LogP contribution is 2.33. The molecule has 0 atom stereocenters. The predicted molar refractivity (Wildman–Crippen MR) is 121 cm³/mol. The van der Waals surface area contributed by atoms with Gasteiger partial charge in [0.15, 0.2) is 0 Å². The molecule has 2 aromatic carbocycles. The number of rotatable bonds is 4. The zero-order chi connectivity index (χ0) is 23.2. The fourth-order valence-corrected chi connectivity index (χ4v) is 4.19. The van der Waals surface area contributed by atoms with Crippen LogP contribution in [0.15, 0.2) is 60.8 Å². The normalized spacial score (nSPS) is 12.0. The Bertz CT molecular complexity index is 1480. The lowest BCUT2D eigenvalue weighted by molar-refractivity contribution is -0.141. The van der Waals surface area contributed by atoms with Crippen LogP contribution in [0, 0.1) is 0 Å². The molecule has 5 nitrogen and oxygen atoms in total. The molecule has 0 fully saturated rings. The molecule has 0 aliphatic carbocycles. The van der Waals surface area contributed by atoms with Crippen LogP contribution in [0.3, 0.4) is 0 Å². The Hall–Kier alpha value is -3.52. The summed E-state index contributed by atoms with van der Waals surface area (Å²) in [5.74, 6) is 0. The van der Waals surface area contributed by atoms with Crippen LogP contribution < -0.4 is 0 Å². The largest absolute Gasteiger partial charge is 0.433 e. The van der Waals surface area contributed by atoms with Crippen LogP contribution in [-0.2, 0) is 19.0 Å². The lowest BCUT2D eigenvalue weighted by Gasteiger charge is -2.14. The van der Waals surface area contributed by atoms with Crippen molar-refractivity contribution in [1.82, 2.24) is 25.0 Å². The van der Waals surface area contributed by atoms with Crippen molar-refractivity contribution in [1.29, 1.82) is 0 Å². The number of alkyl halides is 3. The first kappa shape index (κ1) is 21.3. The number of pyridine rings is 2. The summed E-state index contributed by atoms with van der Waals surface area (Å²) in [4.78, 5) is 8.33. The van der Waals surface area contributed by atoms with Crippen LogP contribution in [-0.4, -0.2) is 25.0 Å². The number of fused-ring (bicyclic) bond motifs is 2. The molecule has 0 amide bonds. The van der Waals surface area contributed by atoms with Crippen molar-refractivity contribution in [3.05, 3.63) is 88.3 Å². The molecule has 0 unspecified atom stereocenters. The second-order valence-corrected chi connectivity index (χ2v) is 8.00. The highest BCUT2D eigenvalue weighted by Gasteiger charge is 2.32. The van der Waals surface area contributed by atoms with E-state index >= 15 is 0 Å². The Morgan fingerprint density at radius 2 is 1.82 bits per heavy atom. The van der Waals surface area contributed by atoms with Gasteiger partial charge in [-0.25, -0.2) is 4.68 Å². The first-order valence-corrected chi connectivity index (χ1v) is 10.7. The monoisotopic (exact) mass is 467 g/mol. The zero-order valence-electron chi connectivity index (χ0n) is 17.4. The topological polar surface area (TPSA) is 56.5 Å². The first-order chi connectivity index (χ1) is 15.8. The number of para-hydroxylation sites is 1. The van der Waals surface area contributed by atoms with Crippen LogP contribution in [0.25, 0.3) is 27.6 Å². The summed E-state index contributed by atoms with van der Waals surface area (Å²) >= 11 is 6.85. The van der Waals surface area contributed by atoms with Crippen molar-refractivity contribution in [3.63, 3.8) is 0 Å². The second-order valence-electron chi connectivity index (χ2n) is 7.62. The Labute approximate surface area is 191 Å². The van der Waals surface area contributed by atoms with E-state index in [0.717, 1.165) is 44.9 Å². The van der Waals surface area contributed by atoms with E-state index in [1.54, 1.807) is 4.68 Å². The highest BCUT2D eigenvalue weighted by molar-refractivity contribution is 6.36. The van der Waals surface area contributed by atoms with Crippen LogP contribution >= 0.6 is 11.6 Å². The zero-order valence-corrected chi connectivity index (χ0v) is 18.2. The molecule has 0 aliphatic heterocycles. The molecule has 0 saturated heterocycles. The average Bonchev–Trinajstić information content (AvgIpc) is 3.24. The molecule has 0 saturated carbocycles. The van der Waals surface area contributed by atoms with Crippen LogP contribution in [0.4, 0.5) is 13.2 Å². The third-order valence-electron chi connectivity index (χ3n) is 5.51. The number of hydrogen-bond donors (Lipinski definition) is 0. The first-order valence-electron chi connectivity index (χ1n) is 10.3. The maximum absolute atomic E-state index is 12.9. The fourth-order valence-electron chi connectivity index (χ4n) is 3.86. The van der Waals surface area contributed by atoms with Gasteiger partial charge in [0.25, 0.3) is 0 Å². The van der Waals surface area contributed by atoms with Crippen molar-refractivity contribution in [3.8, 4) is 5.69 Å². The molecule has 33 heavy (non-hydrogen) atoms. The van der Waals surface area contributed by atoms with Crippen molar-refractivity contribution < 1.29 is 13.2 Å². The third-order valence-corrected chi connectivity index (χ3v) is 5.94. The van der Waals surface area contributed by atoms with Gasteiger partial charge in [0.05, 0.1) is 21.7 Å². The number of aryl methyl sites for hydroxylation is 1. The van der Waals surface area contributed by atoms with Gasteiger partial charge in [-0.1, -0.05) is 41.9 Å². The maximum Gasteiger partial charge on any atom is 0.433 e. The van der Waals surface area contributed by atoms with Gasteiger partial charge in [0.2, 0.25) is 0 Å². The minimum atomic E-state index is -4.48. The van der Waals surface area contributed by atoms with E-state index in [0.29, 0.717) is 23.4 Å². The van der Waals surface area contributed by atoms with Gasteiger partial charge in [-0.2, -0.15) is 13.2 Å². The molecule has 5 rings (SSSR count). The van der Waals surface area contributed by atoms with E-state index in [1.165, 1.54) is 12.3 Å². The molecule has 3 aromatic heterocycles. The molecule has 0 aliphatic rings. The Balaban J connectivity index is 1.59. The van der Waals surface area contributed by atoms with Gasteiger partial charge in [0, 0.05) is 23.7 Å². The van der Waals surface area contributed by atoms with Crippen molar-refractivity contribution in [2.45, 2.75) is 25.9 Å². The number of aromatic nitrogens is 5. The highest BCUT2D eigenvalue weighted by atomic mass is 35.5. The van der Waals surface area contributed by atoms with E-state index < -0.39 is 11.9 Å². The summed E-state index contributed by atoms with van der Waals surface area (Å²) in [6, 6.07) is 15.7. The molecule has 5 aromatic rings. The maximum atomic E-state index is 12.9. The van der Waals surface area contributed by atoms with Gasteiger partial charge >= 0.3 is 6.18 Å². The van der Waals surface area contributed by atoms with Gasteiger partial charge < -0.3 is 0 Å². The third kappa shape index (κ3) is 3.91. The predicted octanol–water partition coefficient (Wildman–Crippen LogP) is 6.19. The minimum Gasteiger partial charge on any atom is -0.252 e. The molecule has 0 bridgehead atoms. The minimum absolute atomic E-state index is 0.326. The van der Waals surface area contributed by atoms with Crippen molar-refractivity contribution in [2.75, 3.05) is 0 Å². The molecule has 166 valence electrons. The van der Waals surface area contributed by atoms with Gasteiger partial charge in [-0.05, 0) is 53.9 Å². The van der Waals surface area contributed by atoms with Crippen LogP contribution in [0.5, 0.6) is 0 Å². The van der Waals surface area contributed by atoms with E-state index in [1.807, 2.05) is 49.4 Å². The number of hydrogen-bond acceptors (Lipinski definition) is 4.